The number of thiophene rings is 6. The Morgan fingerprint density at radius 2 is 0.606 bits per heavy atom. The third kappa shape index (κ3) is 5.85. The number of carbonyl (C=O) groups is 2. The van der Waals surface area contributed by atoms with Crippen molar-refractivity contribution in [2.75, 3.05) is 0 Å². The maximum absolute atomic E-state index is 11.6. The predicted molar refractivity (Wildman–Crippen MR) is 289 cm³/mol. The first kappa shape index (κ1) is 42.1. The topological polar surface area (TPSA) is 34.1 Å². The van der Waals surface area contributed by atoms with E-state index in [1.54, 1.807) is 12.2 Å². The van der Waals surface area contributed by atoms with Crippen LogP contribution in [0.15, 0.2) is 97.1 Å². The minimum absolute atomic E-state index is 0.606. The highest BCUT2D eigenvalue weighted by atomic mass is 32.1. The Bertz CT molecular complexity index is 3370. The SMILES string of the molecule is Cc1cc(C)cc(C2(c3cc(C)cc(C)c3)c3c(sc4cc(/C=C/C=O)sc34)-c3sc4c5c(sc4c32)-c2sc3cc(/C=C/C=O)sc3c2C5(c2cc(C)cc(C)c2)c2cc(C)cc(C)c2)c1. The van der Waals surface area contributed by atoms with Gasteiger partial charge in [-0.15, -0.1) is 68.0 Å². The molecule has 0 aliphatic heterocycles. The number of aryl methyl sites for hydroxylation is 8. The van der Waals surface area contributed by atoms with Crippen LogP contribution in [0.2, 0.25) is 0 Å². The summed E-state index contributed by atoms with van der Waals surface area (Å²) in [7, 11) is 0. The molecule has 2 aliphatic carbocycles. The van der Waals surface area contributed by atoms with E-state index < -0.39 is 10.8 Å². The van der Waals surface area contributed by atoms with E-state index in [9.17, 15) is 9.59 Å². The molecule has 0 N–H and O–H groups in total. The number of benzene rings is 4. The van der Waals surface area contributed by atoms with Gasteiger partial charge in [-0.25, -0.2) is 0 Å². The second-order valence-electron chi connectivity index (χ2n) is 18.6. The molecule has 0 fully saturated rings. The van der Waals surface area contributed by atoms with Crippen LogP contribution in [0.25, 0.3) is 59.9 Å². The molecule has 2 aliphatic rings. The highest BCUT2D eigenvalue weighted by Crippen LogP contribution is 2.72. The van der Waals surface area contributed by atoms with Gasteiger partial charge in [0.1, 0.15) is 12.6 Å². The van der Waals surface area contributed by atoms with Crippen LogP contribution in [0.3, 0.4) is 0 Å². The molecular weight excluding hydrogens is 921 g/mol. The first-order chi connectivity index (χ1) is 31.8. The molecule has 0 saturated heterocycles. The quantitative estimate of drug-likeness (QED) is 0.112. The fraction of sp³-hybridized carbons (Fsp3) is 0.172. The molecule has 4 aromatic carbocycles. The van der Waals surface area contributed by atoms with Crippen molar-refractivity contribution in [2.45, 2.75) is 66.2 Å². The van der Waals surface area contributed by atoms with E-state index in [4.69, 9.17) is 0 Å². The van der Waals surface area contributed by atoms with Crippen LogP contribution in [0.5, 0.6) is 0 Å². The lowest BCUT2D eigenvalue weighted by molar-refractivity contribution is -0.104. The Labute approximate surface area is 408 Å². The van der Waals surface area contributed by atoms with Crippen molar-refractivity contribution in [1.82, 2.24) is 0 Å². The Kier molecular flexibility index (Phi) is 9.62. The van der Waals surface area contributed by atoms with Crippen LogP contribution < -0.4 is 0 Å². The van der Waals surface area contributed by atoms with E-state index in [1.165, 1.54) is 137 Å². The first-order valence-corrected chi connectivity index (χ1v) is 27.1. The van der Waals surface area contributed by atoms with Crippen LogP contribution in [0.4, 0.5) is 0 Å². The van der Waals surface area contributed by atoms with Crippen LogP contribution >= 0.6 is 68.0 Å². The molecule has 66 heavy (non-hydrogen) atoms. The Morgan fingerprint density at radius 1 is 0.333 bits per heavy atom. The molecule has 0 amide bonds. The van der Waals surface area contributed by atoms with E-state index in [0.717, 1.165) is 22.3 Å². The summed E-state index contributed by atoms with van der Waals surface area (Å²) < 4.78 is 7.90. The maximum atomic E-state index is 11.6. The van der Waals surface area contributed by atoms with Crippen molar-refractivity contribution >= 4 is 121 Å². The summed E-state index contributed by atoms with van der Waals surface area (Å²) in [4.78, 5) is 30.8. The van der Waals surface area contributed by atoms with Gasteiger partial charge in [0.15, 0.2) is 0 Å². The summed E-state index contributed by atoms with van der Waals surface area (Å²) in [5, 5.41) is 0. The molecule has 0 atom stereocenters. The van der Waals surface area contributed by atoms with Crippen molar-refractivity contribution in [3.05, 3.63) is 196 Å². The standard InChI is InChI=1S/C58H44O2S6/c1-29-15-30(2)20-37(19-29)57(38-21-31(3)16-32(4)22-38)45-49-43(27-41(61-49)11-9-13-59)63-51(45)53-47(57)55-56(65-53)48-54(66-55)52-46(50-44(64-52)28-42(62-50)12-10-14-60)58(48,39-23-33(5)17-34(6)24-39)40-25-35(7)18-36(8)26-40/h9-28H,1-8H3/b11-9+,12-10+. The Morgan fingerprint density at radius 3 is 0.894 bits per heavy atom. The molecule has 0 spiro atoms. The highest BCUT2D eigenvalue weighted by molar-refractivity contribution is 7.37. The molecule has 0 unspecified atom stereocenters. The third-order valence-corrected chi connectivity index (χ3v) is 21.1. The fourth-order valence-corrected chi connectivity index (χ4v) is 20.4. The zero-order valence-corrected chi connectivity index (χ0v) is 42.7. The molecule has 0 saturated carbocycles. The number of hydrogen-bond acceptors (Lipinski definition) is 8. The monoisotopic (exact) mass is 964 g/mol. The number of allylic oxidation sites excluding steroid dienone is 2. The third-order valence-electron chi connectivity index (χ3n) is 13.5. The van der Waals surface area contributed by atoms with Crippen molar-refractivity contribution in [1.29, 1.82) is 0 Å². The second kappa shape index (κ2) is 15.1. The maximum Gasteiger partial charge on any atom is 0.142 e. The number of fused-ring (bicyclic) bond motifs is 13. The van der Waals surface area contributed by atoms with Crippen molar-refractivity contribution < 1.29 is 9.59 Å². The highest BCUT2D eigenvalue weighted by Gasteiger charge is 2.56. The predicted octanol–water partition coefficient (Wildman–Crippen LogP) is 17.1. The summed E-state index contributed by atoms with van der Waals surface area (Å²) in [6, 6.07) is 33.4. The van der Waals surface area contributed by atoms with Crippen molar-refractivity contribution in [3.63, 3.8) is 0 Å². The molecule has 8 heteroatoms. The minimum atomic E-state index is -0.606. The fourth-order valence-electron chi connectivity index (χ4n) is 11.7. The number of rotatable bonds is 8. The largest absolute Gasteiger partial charge is 0.299 e. The molecular formula is C58H44O2S6. The first-order valence-electron chi connectivity index (χ1n) is 22.2. The van der Waals surface area contributed by atoms with E-state index in [1.807, 2.05) is 80.2 Å². The summed E-state index contributed by atoms with van der Waals surface area (Å²) >= 11 is 11.5. The zero-order valence-electron chi connectivity index (χ0n) is 37.8. The smallest absolute Gasteiger partial charge is 0.142 e. The van der Waals surface area contributed by atoms with Gasteiger partial charge in [0.05, 0.1) is 49.1 Å². The van der Waals surface area contributed by atoms with Crippen LogP contribution in [-0.4, -0.2) is 12.6 Å². The lowest BCUT2D eigenvalue weighted by Crippen LogP contribution is -2.29. The molecule has 10 aromatic rings. The molecule has 0 bridgehead atoms. The van der Waals surface area contributed by atoms with Crippen LogP contribution in [-0.2, 0) is 20.4 Å². The second-order valence-corrected chi connectivity index (χ2v) is 24.9. The molecule has 2 nitrogen and oxygen atoms in total. The number of aldehydes is 2. The lowest BCUT2D eigenvalue weighted by atomic mass is 9.66. The van der Waals surface area contributed by atoms with E-state index in [-0.39, 0.29) is 0 Å². The van der Waals surface area contributed by atoms with Gasteiger partial charge in [0, 0.05) is 41.4 Å². The molecule has 0 radical (unpaired) electrons. The molecule has 6 aromatic heterocycles. The Balaban J connectivity index is 1.29. The van der Waals surface area contributed by atoms with Crippen molar-refractivity contribution in [3.8, 4) is 19.5 Å². The average molecular weight is 965 g/mol. The summed E-state index contributed by atoms with van der Waals surface area (Å²) in [5.74, 6) is 0. The van der Waals surface area contributed by atoms with Crippen LogP contribution in [0, 0.1) is 55.4 Å². The van der Waals surface area contributed by atoms with Crippen LogP contribution in [0.1, 0.15) is 98.8 Å². The van der Waals surface area contributed by atoms with Gasteiger partial charge in [-0.3, -0.25) is 9.59 Å². The number of carbonyl (C=O) groups excluding carboxylic acids is 2. The van der Waals surface area contributed by atoms with E-state index in [2.05, 4.69) is 140 Å². The van der Waals surface area contributed by atoms with E-state index >= 15 is 0 Å². The molecule has 12 rings (SSSR count). The normalized spacial score (nSPS) is 14.6. The van der Waals surface area contributed by atoms with Crippen molar-refractivity contribution in [2.24, 2.45) is 0 Å². The average Bonchev–Trinajstić information content (AvgIpc) is 4.11. The molecule has 324 valence electrons. The summed E-state index contributed by atoms with van der Waals surface area (Å²) in [6.45, 7) is 18.0. The van der Waals surface area contributed by atoms with Gasteiger partial charge < -0.3 is 0 Å². The van der Waals surface area contributed by atoms with Gasteiger partial charge in [-0.2, -0.15) is 0 Å². The van der Waals surface area contributed by atoms with E-state index in [0.29, 0.717) is 0 Å². The zero-order chi connectivity index (χ0) is 45.6. The van der Waals surface area contributed by atoms with Gasteiger partial charge >= 0.3 is 0 Å². The number of hydrogen-bond donors (Lipinski definition) is 0. The summed E-state index contributed by atoms with van der Waals surface area (Å²) in [6.07, 6.45) is 8.91. The lowest BCUT2D eigenvalue weighted by Gasteiger charge is -2.35. The van der Waals surface area contributed by atoms with Gasteiger partial charge in [-0.1, -0.05) is 117 Å². The molecule has 6 heterocycles. The minimum Gasteiger partial charge on any atom is -0.299 e. The van der Waals surface area contributed by atoms with Gasteiger partial charge in [-0.05, 0) is 114 Å². The Hall–Kier alpha value is -5.32. The summed E-state index contributed by atoms with van der Waals surface area (Å²) in [5.41, 5.74) is 19.6. The van der Waals surface area contributed by atoms with Gasteiger partial charge in [0.25, 0.3) is 0 Å². The van der Waals surface area contributed by atoms with Gasteiger partial charge in [0.2, 0.25) is 0 Å².